The first-order chi connectivity index (χ1) is 22.2. The number of aromatic hydroxyl groups is 2. The average Bonchev–Trinajstić information content (AvgIpc) is 3.01. The lowest BCUT2D eigenvalue weighted by Crippen LogP contribution is -2.65. The molecule has 12 nitrogen and oxygen atoms in total. The molecule has 1 aliphatic heterocycles. The molecule has 12 heteroatoms. The van der Waals surface area contributed by atoms with Crippen molar-refractivity contribution in [2.75, 3.05) is 13.7 Å². The molecular weight excluding hydrogens is 610 g/mol. The SMILES string of the molecule is CCCNC(=O)O[C@H]1[C@@H](O)[C@H](Oc2ccc3c(O)c(CC(=O)c4ccc(O)c(CC=C(C)C)c4)c(=O)oc3c2C)OC(C)(C)[C@@H]1OC. The van der Waals surface area contributed by atoms with Crippen molar-refractivity contribution >= 4 is 22.8 Å². The molecule has 1 aromatic heterocycles. The summed E-state index contributed by atoms with van der Waals surface area (Å²) >= 11 is 0. The van der Waals surface area contributed by atoms with Crippen molar-refractivity contribution in [1.29, 1.82) is 0 Å². The quantitative estimate of drug-likeness (QED) is 0.127. The summed E-state index contributed by atoms with van der Waals surface area (Å²) in [6.07, 6.45) is -2.88. The first kappa shape index (κ1) is 35.5. The number of alkyl carbamates (subject to hydrolysis) is 1. The molecule has 0 bridgehead atoms. The van der Waals surface area contributed by atoms with Crippen LogP contribution in [-0.4, -0.2) is 71.1 Å². The molecule has 254 valence electrons. The lowest BCUT2D eigenvalue weighted by Gasteiger charge is -2.47. The maximum Gasteiger partial charge on any atom is 0.407 e. The molecule has 0 saturated carbocycles. The molecule has 1 fully saturated rings. The van der Waals surface area contributed by atoms with Gasteiger partial charge in [-0.1, -0.05) is 18.6 Å². The highest BCUT2D eigenvalue weighted by Crippen LogP contribution is 2.38. The number of ether oxygens (including phenoxy) is 4. The zero-order valence-electron chi connectivity index (χ0n) is 27.7. The number of phenolic OH excluding ortho intramolecular Hbond substituents is 1. The van der Waals surface area contributed by atoms with Crippen molar-refractivity contribution in [2.45, 2.75) is 91.0 Å². The van der Waals surface area contributed by atoms with Crippen LogP contribution in [0.5, 0.6) is 17.2 Å². The highest BCUT2D eigenvalue weighted by atomic mass is 16.7. The summed E-state index contributed by atoms with van der Waals surface area (Å²) in [5.74, 6) is -0.633. The van der Waals surface area contributed by atoms with E-state index in [1.807, 2.05) is 26.8 Å². The number of benzene rings is 2. The van der Waals surface area contributed by atoms with Crippen molar-refractivity contribution in [3.05, 3.63) is 74.7 Å². The molecule has 0 unspecified atom stereocenters. The van der Waals surface area contributed by atoms with E-state index in [1.54, 1.807) is 26.8 Å². The van der Waals surface area contributed by atoms with Crippen LogP contribution in [0.1, 0.15) is 68.1 Å². The molecule has 1 saturated heterocycles. The van der Waals surface area contributed by atoms with Gasteiger partial charge >= 0.3 is 11.7 Å². The molecule has 1 amide bonds. The average molecular weight is 654 g/mol. The Hall–Kier alpha value is -4.39. The Bertz CT molecular complexity index is 1720. The van der Waals surface area contributed by atoms with E-state index in [2.05, 4.69) is 5.32 Å². The van der Waals surface area contributed by atoms with E-state index in [9.17, 15) is 29.7 Å². The second-order valence-corrected chi connectivity index (χ2v) is 12.4. The number of carbonyl (C=O) groups is 2. The Morgan fingerprint density at radius 3 is 2.51 bits per heavy atom. The number of rotatable bonds is 11. The number of aliphatic hydroxyl groups excluding tert-OH is 1. The summed E-state index contributed by atoms with van der Waals surface area (Å²) in [6, 6.07) is 7.42. The Labute approximate surface area is 272 Å². The zero-order chi connectivity index (χ0) is 34.6. The van der Waals surface area contributed by atoms with E-state index >= 15 is 0 Å². The summed E-state index contributed by atoms with van der Waals surface area (Å²) in [6.45, 7) is 11.1. The van der Waals surface area contributed by atoms with Gasteiger partial charge in [-0.15, -0.1) is 0 Å². The molecule has 2 heterocycles. The van der Waals surface area contributed by atoms with Crippen LogP contribution >= 0.6 is 0 Å². The van der Waals surface area contributed by atoms with E-state index in [4.69, 9.17) is 23.4 Å². The fourth-order valence-corrected chi connectivity index (χ4v) is 5.51. The topological polar surface area (TPSA) is 174 Å². The van der Waals surface area contributed by atoms with Gasteiger partial charge in [-0.2, -0.15) is 0 Å². The molecular formula is C35H43NO11. The molecule has 0 spiro atoms. The normalized spacial score (nSPS) is 20.4. The molecule has 47 heavy (non-hydrogen) atoms. The number of nitrogens with one attached hydrogen (secondary N) is 1. The summed E-state index contributed by atoms with van der Waals surface area (Å²) < 4.78 is 28.8. The second kappa shape index (κ2) is 14.6. The molecule has 0 radical (unpaired) electrons. The minimum Gasteiger partial charge on any atom is -0.508 e. The highest BCUT2D eigenvalue weighted by molar-refractivity contribution is 5.99. The summed E-state index contributed by atoms with van der Waals surface area (Å²) in [5.41, 5.74) is 0.0341. The number of allylic oxidation sites excluding steroid dienone is 2. The molecule has 1 aliphatic rings. The predicted octanol–water partition coefficient (Wildman–Crippen LogP) is 4.84. The minimum atomic E-state index is -1.47. The number of ketones is 1. The van der Waals surface area contributed by atoms with Crippen molar-refractivity contribution in [1.82, 2.24) is 5.32 Å². The van der Waals surface area contributed by atoms with E-state index in [-0.39, 0.29) is 33.6 Å². The van der Waals surface area contributed by atoms with Crippen LogP contribution in [0.3, 0.4) is 0 Å². The van der Waals surface area contributed by atoms with Gasteiger partial charge in [0.15, 0.2) is 18.0 Å². The van der Waals surface area contributed by atoms with E-state index < -0.39 is 59.9 Å². The van der Waals surface area contributed by atoms with E-state index in [0.717, 1.165) is 5.57 Å². The number of Topliss-reactive ketones (excluding diaryl/α,β-unsaturated/α-hetero) is 1. The van der Waals surface area contributed by atoms with Crippen LogP contribution in [-0.2, 0) is 27.1 Å². The molecule has 4 atom stereocenters. The lowest BCUT2D eigenvalue weighted by molar-refractivity contribution is -0.305. The number of phenols is 1. The first-order valence-electron chi connectivity index (χ1n) is 15.4. The molecule has 3 aromatic rings. The minimum absolute atomic E-state index is 0.0147. The summed E-state index contributed by atoms with van der Waals surface area (Å²) in [5, 5.41) is 35.3. The van der Waals surface area contributed by atoms with Crippen molar-refractivity contribution in [3.63, 3.8) is 0 Å². The van der Waals surface area contributed by atoms with Gasteiger partial charge in [-0.05, 0) is 83.4 Å². The molecule has 0 aliphatic carbocycles. The van der Waals surface area contributed by atoms with Crippen LogP contribution in [0.4, 0.5) is 4.79 Å². The number of hydrogen-bond acceptors (Lipinski definition) is 11. The number of fused-ring (bicyclic) bond motifs is 1. The van der Waals surface area contributed by atoms with Crippen LogP contribution in [0.15, 0.2) is 51.2 Å². The Kier molecular flexibility index (Phi) is 11.0. The summed E-state index contributed by atoms with van der Waals surface area (Å²) in [7, 11) is 1.42. The number of methoxy groups -OCH3 is 1. The van der Waals surface area contributed by atoms with Gasteiger partial charge in [0, 0.05) is 31.2 Å². The molecule has 2 aromatic carbocycles. The Morgan fingerprint density at radius 1 is 1.13 bits per heavy atom. The third kappa shape index (κ3) is 7.78. The third-order valence-electron chi connectivity index (χ3n) is 8.09. The maximum absolute atomic E-state index is 13.2. The zero-order valence-corrected chi connectivity index (χ0v) is 27.7. The predicted molar refractivity (Wildman–Crippen MR) is 173 cm³/mol. The smallest absolute Gasteiger partial charge is 0.407 e. The van der Waals surface area contributed by atoms with Gasteiger partial charge in [0.05, 0.1) is 16.6 Å². The van der Waals surface area contributed by atoms with Crippen LogP contribution in [0, 0.1) is 6.92 Å². The van der Waals surface area contributed by atoms with E-state index in [1.165, 1.54) is 31.4 Å². The second-order valence-electron chi connectivity index (χ2n) is 12.4. The number of carbonyl (C=O) groups excluding carboxylic acids is 2. The van der Waals surface area contributed by atoms with Gasteiger partial charge in [-0.25, -0.2) is 9.59 Å². The van der Waals surface area contributed by atoms with Gasteiger partial charge < -0.3 is 44.0 Å². The van der Waals surface area contributed by atoms with Gasteiger partial charge in [0.1, 0.15) is 28.9 Å². The van der Waals surface area contributed by atoms with Gasteiger partial charge in [0.2, 0.25) is 6.29 Å². The van der Waals surface area contributed by atoms with Crippen LogP contribution in [0.25, 0.3) is 11.0 Å². The Balaban J connectivity index is 1.61. The lowest BCUT2D eigenvalue weighted by atomic mass is 9.89. The van der Waals surface area contributed by atoms with Crippen molar-refractivity contribution < 1.29 is 48.3 Å². The van der Waals surface area contributed by atoms with Gasteiger partial charge in [-0.3, -0.25) is 4.79 Å². The number of aryl methyl sites for hydroxylation is 1. The number of aliphatic hydroxyl groups is 1. The number of amides is 1. The maximum atomic E-state index is 13.2. The fraction of sp³-hybridized carbons (Fsp3) is 0.457. The monoisotopic (exact) mass is 653 g/mol. The Morgan fingerprint density at radius 2 is 1.85 bits per heavy atom. The van der Waals surface area contributed by atoms with Crippen LogP contribution < -0.4 is 15.7 Å². The van der Waals surface area contributed by atoms with Crippen LogP contribution in [0.2, 0.25) is 0 Å². The van der Waals surface area contributed by atoms with Gasteiger partial charge in [0.25, 0.3) is 0 Å². The first-order valence-corrected chi connectivity index (χ1v) is 15.4. The third-order valence-corrected chi connectivity index (χ3v) is 8.09. The standard InChI is InChI=1S/C35H43NO11/c1-8-15-36-34(42)46-30-28(40)33(47-35(5,6)31(30)43-7)44-26-14-12-22-27(39)23(32(41)45-29(22)19(26)4)17-25(38)21-11-13-24(37)20(16-21)10-9-18(2)3/h9,11-14,16,28,30-31,33,37,39-40H,8,10,15,17H2,1-7H3,(H,36,42)/t28-,30+,31-,33-/m1/s1. The van der Waals surface area contributed by atoms with Crippen molar-refractivity contribution in [2.24, 2.45) is 0 Å². The molecule has 4 N–H and O–H groups in total. The van der Waals surface area contributed by atoms with E-state index in [0.29, 0.717) is 30.5 Å². The summed E-state index contributed by atoms with van der Waals surface area (Å²) in [4.78, 5) is 38.7. The van der Waals surface area contributed by atoms with Crippen molar-refractivity contribution in [3.8, 4) is 17.2 Å². The largest absolute Gasteiger partial charge is 0.508 e. The number of hydrogen-bond donors (Lipinski definition) is 4. The molecule has 4 rings (SSSR count). The fourth-order valence-electron chi connectivity index (χ4n) is 5.51. The highest BCUT2D eigenvalue weighted by Gasteiger charge is 2.53.